The summed E-state index contributed by atoms with van der Waals surface area (Å²) in [6.07, 6.45) is -3.07. The van der Waals surface area contributed by atoms with E-state index in [0.717, 1.165) is 5.56 Å². The molecule has 0 unspecified atom stereocenters. The Balaban J connectivity index is 1.68. The van der Waals surface area contributed by atoms with Crippen molar-refractivity contribution >= 4 is 65.0 Å². The maximum Gasteiger partial charge on any atom is 0.252 e. The minimum Gasteiger partial charge on any atom is -0.391 e. The van der Waals surface area contributed by atoms with E-state index in [1.807, 2.05) is 6.07 Å². The van der Waals surface area contributed by atoms with Crippen molar-refractivity contribution in [3.63, 3.8) is 0 Å². The summed E-state index contributed by atoms with van der Waals surface area (Å²) in [4.78, 5) is 159. The van der Waals surface area contributed by atoms with E-state index in [0.29, 0.717) is 11.3 Å². The van der Waals surface area contributed by atoms with Gasteiger partial charge in [0.15, 0.2) is 0 Å². The van der Waals surface area contributed by atoms with E-state index < -0.39 is 157 Å². The van der Waals surface area contributed by atoms with E-state index in [1.54, 1.807) is 68.4 Å². The molecule has 2 heterocycles. The molecule has 88 heavy (non-hydrogen) atoms. The molecule has 0 radical (unpaired) electrons. The van der Waals surface area contributed by atoms with Crippen LogP contribution in [0.25, 0.3) is 11.3 Å². The lowest BCUT2D eigenvalue weighted by Crippen LogP contribution is -2.63. The molecule has 0 saturated carbocycles. The summed E-state index contributed by atoms with van der Waals surface area (Å²) in [5.41, 5.74) is 31.4. The lowest BCUT2D eigenvalue weighted by atomic mass is 10.00. The Labute approximate surface area is 510 Å². The first-order valence-corrected chi connectivity index (χ1v) is 29.2. The second-order valence-electron chi connectivity index (χ2n) is 21.6. The monoisotopic (exact) mass is 1230 g/mol. The number of hydrogen-bond acceptors (Lipinski definition) is 19. The highest BCUT2D eigenvalue weighted by Crippen LogP contribution is 2.18. The van der Waals surface area contributed by atoms with Crippen LogP contribution in [0.3, 0.4) is 0 Å². The van der Waals surface area contributed by atoms with Gasteiger partial charge >= 0.3 is 0 Å². The molecule has 4 rings (SSSR count). The number of nitrogens with one attached hydrogen (secondary N) is 11. The van der Waals surface area contributed by atoms with Crippen molar-refractivity contribution < 1.29 is 63.0 Å². The number of nitrogens with zero attached hydrogens (tertiary/aromatic N) is 1. The first-order valence-electron chi connectivity index (χ1n) is 29.2. The number of nitrogens with two attached hydrogens (primary N) is 5. The fourth-order valence-corrected chi connectivity index (χ4v) is 9.25. The van der Waals surface area contributed by atoms with Gasteiger partial charge in [-0.05, 0) is 102 Å². The zero-order chi connectivity index (χ0) is 65.0. The quantitative estimate of drug-likeness (QED) is 0.0397. The highest BCUT2D eigenvalue weighted by molar-refractivity contribution is 6.01. The molecule has 1 aromatic heterocycles. The molecular weight excluding hydrogens is 1140 g/mol. The molecule has 1 saturated heterocycles. The molecule has 2 aromatic carbocycles. The highest BCUT2D eigenvalue weighted by Gasteiger charge is 2.37. The Kier molecular flexibility index (Phi) is 29.9. The first-order chi connectivity index (χ1) is 41.9. The van der Waals surface area contributed by atoms with E-state index in [2.05, 4.69) is 63.5 Å². The number of aromatic nitrogens is 1. The Hall–Kier alpha value is -8.52. The molecule has 11 amide bonds. The van der Waals surface area contributed by atoms with E-state index in [-0.39, 0.29) is 76.2 Å². The molecule has 3 aromatic rings. The second kappa shape index (κ2) is 36.6. The third kappa shape index (κ3) is 22.6. The molecule has 0 aliphatic carbocycles. The van der Waals surface area contributed by atoms with Crippen LogP contribution >= 0.6 is 0 Å². The lowest BCUT2D eigenvalue weighted by molar-refractivity contribution is -0.136. The standard InChI is InChI=1S/C58H87N17O13/c1-31(2)27-43-54(84)69-37(15-21-59)49(79)68-40(18-24-62)53(83)74-46(32(3)76)57(87)65-26-20-41(51(81)67-38(16-22-60)50(80)72-44(55(85)71-43)28-34-11-7-5-8-12-34)70-56(86)45(30-63)73-58(88)47(33(4)77)75-52(82)39(17-23-61)66-48(78)36-19-25-64-42(29-36)35-13-9-6-10-14-35/h5-14,19,25,29,31-33,37-41,43-47,76-77H,15-18,20-24,26-28,30,59-63H2,1-4H3,(H,65,87)(H,66,78)(H,67,81)(H,68,79)(H,69,84)(H,70,86)(H,71,85)(H,72,80)(H,73,88)(H,74,83)(H,75,82)/t32-,33-,37+,38+,39+,40+,41+,43+,44-,45-,46+,47+/m1/s1. The van der Waals surface area contributed by atoms with Crippen molar-refractivity contribution in [1.82, 2.24) is 63.5 Å². The van der Waals surface area contributed by atoms with E-state index in [4.69, 9.17) is 28.7 Å². The number of amides is 11. The third-order valence-corrected chi connectivity index (χ3v) is 14.0. The van der Waals surface area contributed by atoms with Crippen molar-refractivity contribution in [2.75, 3.05) is 39.3 Å². The molecular formula is C58H87N17O13. The van der Waals surface area contributed by atoms with Gasteiger partial charge in [0.25, 0.3) is 5.91 Å². The number of aliphatic hydroxyl groups is 2. The van der Waals surface area contributed by atoms with Crippen LogP contribution < -0.4 is 87.2 Å². The molecule has 482 valence electrons. The molecule has 12 atom stereocenters. The number of aliphatic hydroxyl groups excluding tert-OH is 2. The molecule has 1 fully saturated rings. The summed E-state index contributed by atoms with van der Waals surface area (Å²) < 4.78 is 0. The number of rotatable bonds is 24. The van der Waals surface area contributed by atoms with Crippen molar-refractivity contribution in [3.8, 4) is 11.3 Å². The van der Waals surface area contributed by atoms with Gasteiger partial charge < -0.3 is 97.4 Å². The Morgan fingerprint density at radius 3 is 1.64 bits per heavy atom. The largest absolute Gasteiger partial charge is 0.391 e. The van der Waals surface area contributed by atoms with Crippen LogP contribution in [-0.4, -0.2) is 192 Å². The van der Waals surface area contributed by atoms with Crippen LogP contribution in [-0.2, 0) is 54.4 Å². The maximum absolute atomic E-state index is 14.5. The summed E-state index contributed by atoms with van der Waals surface area (Å²) in [5.74, 6) is -10.6. The molecule has 0 bridgehead atoms. The van der Waals surface area contributed by atoms with Crippen molar-refractivity contribution in [2.45, 2.75) is 145 Å². The summed E-state index contributed by atoms with van der Waals surface area (Å²) in [7, 11) is 0. The topological polar surface area (TPSA) is 504 Å². The van der Waals surface area contributed by atoms with Gasteiger partial charge in [0.05, 0.1) is 17.9 Å². The summed E-state index contributed by atoms with van der Waals surface area (Å²) in [6, 6.07) is 5.19. The highest BCUT2D eigenvalue weighted by atomic mass is 16.3. The van der Waals surface area contributed by atoms with Gasteiger partial charge in [0.1, 0.15) is 60.4 Å². The lowest BCUT2D eigenvalue weighted by Gasteiger charge is -2.28. The molecule has 1 aliphatic rings. The average molecular weight is 1230 g/mol. The van der Waals surface area contributed by atoms with Gasteiger partial charge in [-0.25, -0.2) is 0 Å². The van der Waals surface area contributed by atoms with Crippen LogP contribution in [0.4, 0.5) is 0 Å². The van der Waals surface area contributed by atoms with Crippen LogP contribution in [0.2, 0.25) is 0 Å². The molecule has 1 aliphatic heterocycles. The van der Waals surface area contributed by atoms with Crippen molar-refractivity contribution in [3.05, 3.63) is 90.1 Å². The van der Waals surface area contributed by atoms with Gasteiger partial charge in [-0.3, -0.25) is 57.7 Å². The first kappa shape index (κ1) is 72.0. The van der Waals surface area contributed by atoms with Crippen molar-refractivity contribution in [1.29, 1.82) is 0 Å². The zero-order valence-corrected chi connectivity index (χ0v) is 49.9. The number of hydrogen-bond donors (Lipinski definition) is 18. The van der Waals surface area contributed by atoms with Crippen LogP contribution in [0, 0.1) is 5.92 Å². The fraction of sp³-hybridized carbons (Fsp3) is 0.517. The Bertz CT molecular complexity index is 2830. The van der Waals surface area contributed by atoms with Crippen LogP contribution in [0.1, 0.15) is 82.1 Å². The summed E-state index contributed by atoms with van der Waals surface area (Å²) in [6.45, 7) is 4.20. The van der Waals surface area contributed by atoms with Crippen molar-refractivity contribution in [2.24, 2.45) is 34.6 Å². The smallest absolute Gasteiger partial charge is 0.252 e. The average Bonchev–Trinajstić information content (AvgIpc) is 2.35. The van der Waals surface area contributed by atoms with Gasteiger partial charge in [0.2, 0.25) is 59.1 Å². The maximum atomic E-state index is 14.5. The summed E-state index contributed by atoms with van der Waals surface area (Å²) in [5, 5.41) is 49.4. The van der Waals surface area contributed by atoms with Gasteiger partial charge in [-0.2, -0.15) is 0 Å². The normalized spacial score (nSPS) is 22.0. The third-order valence-electron chi connectivity index (χ3n) is 14.0. The van der Waals surface area contributed by atoms with Gasteiger partial charge in [0, 0.05) is 36.8 Å². The zero-order valence-electron chi connectivity index (χ0n) is 49.9. The SMILES string of the molecule is CC(C)C[C@@H]1NC(=O)[C@@H](Cc2ccccc2)NC(=O)[C@H](CCN)NC(=O)[C@@H](NC(=O)[C@@H](CN)NC(=O)[C@@H](NC(=O)[C@H](CCN)NC(=O)c2ccnc(-c3ccccc3)c2)[C@@H](C)O)CCNC(=O)[C@H]([C@@H](C)O)NC(=O)[C@H](CCN)NC(=O)[C@H](CCN)NC1=O. The Morgan fingerprint density at radius 2 is 1.10 bits per heavy atom. The predicted molar refractivity (Wildman–Crippen MR) is 323 cm³/mol. The van der Waals surface area contributed by atoms with Gasteiger partial charge in [-0.15, -0.1) is 0 Å². The van der Waals surface area contributed by atoms with E-state index >= 15 is 0 Å². The Morgan fingerprint density at radius 1 is 0.580 bits per heavy atom. The minimum atomic E-state index is -1.78. The molecule has 23 N–H and O–H groups in total. The van der Waals surface area contributed by atoms with Crippen LogP contribution in [0.5, 0.6) is 0 Å². The number of pyridine rings is 1. The summed E-state index contributed by atoms with van der Waals surface area (Å²) >= 11 is 0. The molecule has 30 nitrogen and oxygen atoms in total. The van der Waals surface area contributed by atoms with Gasteiger partial charge in [-0.1, -0.05) is 74.5 Å². The number of benzene rings is 2. The fourth-order valence-electron chi connectivity index (χ4n) is 9.25. The number of carbonyl (C=O) groups excluding carboxylic acids is 11. The minimum absolute atomic E-state index is 0.0363. The van der Waals surface area contributed by atoms with E-state index in [9.17, 15) is 63.0 Å². The second-order valence-corrected chi connectivity index (χ2v) is 21.6. The predicted octanol–water partition coefficient (Wildman–Crippen LogP) is -5.87. The van der Waals surface area contributed by atoms with E-state index in [1.165, 1.54) is 32.2 Å². The number of carbonyl (C=O) groups is 11. The van der Waals surface area contributed by atoms with Crippen LogP contribution in [0.15, 0.2) is 79.0 Å². The molecule has 30 heteroatoms. The molecule has 0 spiro atoms.